The van der Waals surface area contributed by atoms with E-state index in [4.69, 9.17) is 0 Å². The zero-order valence-electron chi connectivity index (χ0n) is 10.00. The third-order valence-corrected chi connectivity index (χ3v) is 3.20. The third kappa shape index (κ3) is 5.60. The van der Waals surface area contributed by atoms with Gasteiger partial charge in [0.05, 0.1) is 13.5 Å². The van der Waals surface area contributed by atoms with E-state index in [9.17, 15) is 13.2 Å². The minimum Gasteiger partial charge on any atom is -0.469 e. The third-order valence-electron chi connectivity index (χ3n) is 2.10. The molecule has 0 atom stereocenters. The van der Waals surface area contributed by atoms with Crippen LogP contribution >= 0.6 is 0 Å². The lowest BCUT2D eigenvalue weighted by Crippen LogP contribution is -2.24. The molecule has 1 rings (SSSR count). The van der Waals surface area contributed by atoms with Gasteiger partial charge in [-0.1, -0.05) is 30.3 Å². The van der Waals surface area contributed by atoms with Crippen LogP contribution < -0.4 is 4.72 Å². The number of hydrogen-bond acceptors (Lipinski definition) is 4. The van der Waals surface area contributed by atoms with Crippen LogP contribution in [0.3, 0.4) is 0 Å². The van der Waals surface area contributed by atoms with Gasteiger partial charge in [-0.3, -0.25) is 4.79 Å². The lowest BCUT2D eigenvalue weighted by atomic mass is 10.2. The van der Waals surface area contributed by atoms with Crippen LogP contribution in [0.2, 0.25) is 0 Å². The number of esters is 1. The predicted molar refractivity (Wildman–Crippen MR) is 69.0 cm³/mol. The van der Waals surface area contributed by atoms with Gasteiger partial charge < -0.3 is 4.74 Å². The summed E-state index contributed by atoms with van der Waals surface area (Å²) in [4.78, 5) is 10.8. The number of carbonyl (C=O) groups excluding carboxylic acids is 1. The molecule has 0 fully saturated rings. The molecule has 0 aliphatic rings. The summed E-state index contributed by atoms with van der Waals surface area (Å²) in [5, 5.41) is 1.07. The normalized spacial score (nSPS) is 11.6. The van der Waals surface area contributed by atoms with Crippen molar-refractivity contribution >= 4 is 22.1 Å². The molecule has 1 N–H and O–H groups in total. The molecule has 0 bridgehead atoms. The lowest BCUT2D eigenvalue weighted by Gasteiger charge is -2.01. The zero-order valence-corrected chi connectivity index (χ0v) is 10.8. The molecular weight excluding hydrogens is 254 g/mol. The maximum Gasteiger partial charge on any atom is 0.306 e. The second kappa shape index (κ2) is 6.93. The van der Waals surface area contributed by atoms with Crippen molar-refractivity contribution in [3.05, 3.63) is 41.3 Å². The highest BCUT2D eigenvalue weighted by Gasteiger charge is 2.06. The molecule has 0 amide bonds. The van der Waals surface area contributed by atoms with Crippen molar-refractivity contribution in [3.63, 3.8) is 0 Å². The van der Waals surface area contributed by atoms with Crippen LogP contribution in [0.1, 0.15) is 12.0 Å². The van der Waals surface area contributed by atoms with Gasteiger partial charge in [-0.15, -0.1) is 0 Å². The summed E-state index contributed by atoms with van der Waals surface area (Å²) in [6, 6.07) is 9.06. The molecular formula is C12H15NO4S. The fraction of sp³-hybridized carbons (Fsp3) is 0.250. The first-order chi connectivity index (χ1) is 8.53. The van der Waals surface area contributed by atoms with E-state index >= 15 is 0 Å². The average Bonchev–Trinajstić information content (AvgIpc) is 2.37. The molecule has 0 saturated carbocycles. The average molecular weight is 269 g/mol. The molecule has 1 aromatic rings. The Kier molecular flexibility index (Phi) is 5.54. The predicted octanol–water partition coefficient (Wildman–Crippen LogP) is 1.14. The van der Waals surface area contributed by atoms with Gasteiger partial charge in [0.2, 0.25) is 10.0 Å². The monoisotopic (exact) mass is 269 g/mol. The Morgan fingerprint density at radius 3 is 2.61 bits per heavy atom. The largest absolute Gasteiger partial charge is 0.469 e. The van der Waals surface area contributed by atoms with Crippen LogP contribution in [-0.2, 0) is 19.6 Å². The number of sulfonamides is 1. The van der Waals surface area contributed by atoms with Crippen LogP contribution in [-0.4, -0.2) is 28.0 Å². The maximum atomic E-state index is 11.5. The van der Waals surface area contributed by atoms with Crippen LogP contribution in [0.4, 0.5) is 0 Å². The Hall–Kier alpha value is -1.66. The Balaban J connectivity index is 2.50. The second-order valence-corrected chi connectivity index (χ2v) is 5.13. The van der Waals surface area contributed by atoms with Gasteiger partial charge in [-0.2, -0.15) is 0 Å². The Labute approximate surface area is 107 Å². The fourth-order valence-corrected chi connectivity index (χ4v) is 2.00. The van der Waals surface area contributed by atoms with Crippen LogP contribution in [0.15, 0.2) is 35.7 Å². The molecule has 0 aliphatic carbocycles. The highest BCUT2D eigenvalue weighted by atomic mass is 32.2. The molecule has 6 heteroatoms. The van der Waals surface area contributed by atoms with E-state index in [1.165, 1.54) is 13.2 Å². The summed E-state index contributed by atoms with van der Waals surface area (Å²) < 4.78 is 29.7. The molecule has 0 spiro atoms. The van der Waals surface area contributed by atoms with E-state index in [0.717, 1.165) is 11.0 Å². The topological polar surface area (TPSA) is 72.5 Å². The summed E-state index contributed by atoms with van der Waals surface area (Å²) in [7, 11) is -2.27. The van der Waals surface area contributed by atoms with Gasteiger partial charge in [-0.05, 0) is 11.6 Å². The first kappa shape index (κ1) is 14.4. The summed E-state index contributed by atoms with van der Waals surface area (Å²) in [5.74, 6) is -0.454. The van der Waals surface area contributed by atoms with Crippen molar-refractivity contribution < 1.29 is 17.9 Å². The summed E-state index contributed by atoms with van der Waals surface area (Å²) in [6.45, 7) is 0.0220. The summed E-state index contributed by atoms with van der Waals surface area (Å²) in [5.41, 5.74) is 0.788. The van der Waals surface area contributed by atoms with Crippen molar-refractivity contribution in [2.75, 3.05) is 13.7 Å². The number of ether oxygens (including phenoxy) is 1. The molecule has 5 nitrogen and oxygen atoms in total. The standard InChI is InChI=1S/C12H15NO4S/c1-17-12(14)7-9-13-18(15,16)10-8-11-5-3-2-4-6-11/h2-6,8,10,13H,7,9H2,1H3. The van der Waals surface area contributed by atoms with Gasteiger partial charge in [0, 0.05) is 12.0 Å². The first-order valence-electron chi connectivity index (χ1n) is 5.33. The number of carbonyl (C=O) groups is 1. The number of hydrogen-bond donors (Lipinski definition) is 1. The Morgan fingerprint density at radius 1 is 1.33 bits per heavy atom. The van der Waals surface area contributed by atoms with Crippen molar-refractivity contribution in [3.8, 4) is 0 Å². The van der Waals surface area contributed by atoms with Crippen LogP contribution in [0.5, 0.6) is 0 Å². The quantitative estimate of drug-likeness (QED) is 0.786. The van der Waals surface area contributed by atoms with E-state index < -0.39 is 16.0 Å². The lowest BCUT2D eigenvalue weighted by molar-refractivity contribution is -0.140. The van der Waals surface area contributed by atoms with Crippen LogP contribution in [0, 0.1) is 0 Å². The highest BCUT2D eigenvalue weighted by molar-refractivity contribution is 7.92. The number of methoxy groups -OCH3 is 1. The summed E-state index contributed by atoms with van der Waals surface area (Å²) in [6.07, 6.45) is 1.50. The molecule has 0 saturated heterocycles. The minimum absolute atomic E-state index is 0.00884. The van der Waals surface area contributed by atoms with E-state index in [1.54, 1.807) is 12.1 Å². The van der Waals surface area contributed by atoms with Crippen molar-refractivity contribution in [1.29, 1.82) is 0 Å². The smallest absolute Gasteiger partial charge is 0.306 e. The molecule has 0 aliphatic heterocycles. The highest BCUT2D eigenvalue weighted by Crippen LogP contribution is 2.02. The van der Waals surface area contributed by atoms with Crippen molar-refractivity contribution in [2.45, 2.75) is 6.42 Å². The van der Waals surface area contributed by atoms with Gasteiger partial charge >= 0.3 is 5.97 Å². The van der Waals surface area contributed by atoms with Crippen molar-refractivity contribution in [1.82, 2.24) is 4.72 Å². The Morgan fingerprint density at radius 2 is 2.00 bits per heavy atom. The van der Waals surface area contributed by atoms with Gasteiger partial charge in [0.1, 0.15) is 0 Å². The number of benzene rings is 1. The second-order valence-electron chi connectivity index (χ2n) is 3.48. The molecule has 1 aromatic carbocycles. The van der Waals surface area contributed by atoms with E-state index in [-0.39, 0.29) is 13.0 Å². The molecule has 98 valence electrons. The van der Waals surface area contributed by atoms with E-state index in [1.807, 2.05) is 18.2 Å². The van der Waals surface area contributed by atoms with Gasteiger partial charge in [-0.25, -0.2) is 13.1 Å². The molecule has 0 unspecified atom stereocenters. The molecule has 18 heavy (non-hydrogen) atoms. The van der Waals surface area contributed by atoms with Crippen molar-refractivity contribution in [2.24, 2.45) is 0 Å². The summed E-state index contributed by atoms with van der Waals surface area (Å²) >= 11 is 0. The van der Waals surface area contributed by atoms with E-state index in [0.29, 0.717) is 0 Å². The SMILES string of the molecule is COC(=O)CCNS(=O)(=O)C=Cc1ccccc1. The maximum absolute atomic E-state index is 11.5. The van der Waals surface area contributed by atoms with E-state index in [2.05, 4.69) is 9.46 Å². The number of rotatable bonds is 6. The Bertz CT molecular complexity index is 508. The number of nitrogens with one attached hydrogen (secondary N) is 1. The fourth-order valence-electron chi connectivity index (χ4n) is 1.18. The first-order valence-corrected chi connectivity index (χ1v) is 6.88. The zero-order chi connectivity index (χ0) is 13.4. The van der Waals surface area contributed by atoms with Gasteiger partial charge in [0.25, 0.3) is 0 Å². The van der Waals surface area contributed by atoms with Crippen LogP contribution in [0.25, 0.3) is 6.08 Å². The molecule has 0 radical (unpaired) electrons. The molecule has 0 heterocycles. The van der Waals surface area contributed by atoms with Gasteiger partial charge in [0.15, 0.2) is 0 Å². The molecule has 0 aromatic heterocycles. The minimum atomic E-state index is -3.52.